The van der Waals surface area contributed by atoms with E-state index in [1.54, 1.807) is 12.7 Å². The molecule has 1 fully saturated rings. The molecule has 7 heteroatoms. The van der Waals surface area contributed by atoms with Crippen LogP contribution >= 0.6 is 11.6 Å². The summed E-state index contributed by atoms with van der Waals surface area (Å²) < 4.78 is 20.2. The molecule has 154 valence electrons. The van der Waals surface area contributed by atoms with E-state index in [4.69, 9.17) is 25.8 Å². The minimum Gasteiger partial charge on any atom is -0.375 e. The Balaban J connectivity index is 1.89. The fourth-order valence-corrected chi connectivity index (χ4v) is 3.79. The van der Waals surface area contributed by atoms with Gasteiger partial charge in [0.05, 0.1) is 25.4 Å². The van der Waals surface area contributed by atoms with Crippen LogP contribution in [0.5, 0.6) is 0 Å². The van der Waals surface area contributed by atoms with Gasteiger partial charge in [0.25, 0.3) is 0 Å². The van der Waals surface area contributed by atoms with Gasteiger partial charge in [0.1, 0.15) is 12.7 Å². The van der Waals surface area contributed by atoms with E-state index < -0.39 is 0 Å². The second-order valence-electron chi connectivity index (χ2n) is 7.68. The Bertz CT molecular complexity index is 700. The highest BCUT2D eigenvalue weighted by Crippen LogP contribution is 2.38. The van der Waals surface area contributed by atoms with Gasteiger partial charge in [-0.1, -0.05) is 44.5 Å². The van der Waals surface area contributed by atoms with E-state index in [1.165, 1.54) is 5.56 Å². The Morgan fingerprint density at radius 3 is 2.54 bits per heavy atom. The number of halogens is 1. The minimum atomic E-state index is -0.288. The molecule has 0 spiro atoms. The van der Waals surface area contributed by atoms with Crippen LogP contribution in [0.25, 0.3) is 0 Å². The molecule has 28 heavy (non-hydrogen) atoms. The molecule has 2 atom stereocenters. The van der Waals surface area contributed by atoms with Crippen LogP contribution in [0.3, 0.4) is 0 Å². The first kappa shape index (κ1) is 21.2. The van der Waals surface area contributed by atoms with Crippen molar-refractivity contribution in [3.63, 3.8) is 0 Å². The number of hydrogen-bond donors (Lipinski definition) is 0. The maximum Gasteiger partial charge on any atom is 0.157 e. The predicted molar refractivity (Wildman–Crippen MR) is 108 cm³/mol. The summed E-state index contributed by atoms with van der Waals surface area (Å²) in [5, 5.41) is 5.16. The third-order valence-corrected chi connectivity index (χ3v) is 5.46. The highest BCUT2D eigenvalue weighted by atomic mass is 35.5. The van der Waals surface area contributed by atoms with Gasteiger partial charge in [0.15, 0.2) is 6.29 Å². The van der Waals surface area contributed by atoms with E-state index >= 15 is 0 Å². The van der Waals surface area contributed by atoms with E-state index in [0.29, 0.717) is 19.8 Å². The number of benzene rings is 1. The predicted octanol–water partition coefficient (Wildman–Crippen LogP) is 4.30. The molecule has 0 bridgehead atoms. The van der Waals surface area contributed by atoms with Crippen LogP contribution in [0.4, 0.5) is 0 Å². The molecule has 1 aromatic carbocycles. The van der Waals surface area contributed by atoms with E-state index in [9.17, 15) is 0 Å². The molecule has 2 unspecified atom stereocenters. The summed E-state index contributed by atoms with van der Waals surface area (Å²) in [7, 11) is 0. The van der Waals surface area contributed by atoms with Gasteiger partial charge in [-0.25, -0.2) is 9.67 Å². The van der Waals surface area contributed by atoms with Crippen molar-refractivity contribution in [2.45, 2.75) is 58.5 Å². The van der Waals surface area contributed by atoms with Gasteiger partial charge in [0.2, 0.25) is 0 Å². The highest BCUT2D eigenvalue weighted by molar-refractivity contribution is 6.30. The lowest BCUT2D eigenvalue weighted by Crippen LogP contribution is -2.52. The molecule has 1 aliphatic rings. The van der Waals surface area contributed by atoms with Crippen LogP contribution in [0.15, 0.2) is 36.9 Å². The summed E-state index contributed by atoms with van der Waals surface area (Å²) >= 11 is 6.06. The molecule has 1 aliphatic heterocycles. The van der Waals surface area contributed by atoms with Gasteiger partial charge < -0.3 is 14.2 Å². The summed E-state index contributed by atoms with van der Waals surface area (Å²) in [6.45, 7) is 8.20. The molecule has 2 aromatic rings. The SMILES string of the molecule is CCCOC(C(Cc1ccc(Cl)cc1)n1cncn1)C1(C)COC(CC)OC1. The van der Waals surface area contributed by atoms with Gasteiger partial charge >= 0.3 is 0 Å². The van der Waals surface area contributed by atoms with Crippen molar-refractivity contribution < 1.29 is 14.2 Å². The van der Waals surface area contributed by atoms with Gasteiger partial charge in [0, 0.05) is 17.0 Å². The largest absolute Gasteiger partial charge is 0.375 e. The van der Waals surface area contributed by atoms with Crippen LogP contribution in [0.2, 0.25) is 5.02 Å². The molecule has 0 amide bonds. The number of rotatable bonds is 9. The third-order valence-electron chi connectivity index (χ3n) is 5.20. The second-order valence-corrected chi connectivity index (χ2v) is 8.12. The van der Waals surface area contributed by atoms with Crippen molar-refractivity contribution in [2.24, 2.45) is 5.41 Å². The summed E-state index contributed by atoms with van der Waals surface area (Å²) in [4.78, 5) is 4.17. The molecule has 0 radical (unpaired) electrons. The lowest BCUT2D eigenvalue weighted by Gasteiger charge is -2.45. The molecule has 0 N–H and O–H groups in total. The molecule has 1 aromatic heterocycles. The zero-order chi connectivity index (χ0) is 20.0. The van der Waals surface area contributed by atoms with E-state index in [2.05, 4.69) is 30.9 Å². The monoisotopic (exact) mass is 407 g/mol. The van der Waals surface area contributed by atoms with Crippen molar-refractivity contribution in [3.05, 3.63) is 47.5 Å². The van der Waals surface area contributed by atoms with Crippen molar-refractivity contribution in [3.8, 4) is 0 Å². The second kappa shape index (κ2) is 9.83. The van der Waals surface area contributed by atoms with Crippen LogP contribution < -0.4 is 0 Å². The first-order valence-corrected chi connectivity index (χ1v) is 10.4. The Hall–Kier alpha value is -1.47. The average molecular weight is 408 g/mol. The van der Waals surface area contributed by atoms with E-state index in [1.807, 2.05) is 28.9 Å². The van der Waals surface area contributed by atoms with Gasteiger partial charge in [-0.15, -0.1) is 0 Å². The Labute approximate surface area is 172 Å². The highest BCUT2D eigenvalue weighted by Gasteiger charge is 2.45. The van der Waals surface area contributed by atoms with Crippen LogP contribution in [-0.2, 0) is 20.6 Å². The Morgan fingerprint density at radius 1 is 1.25 bits per heavy atom. The fraction of sp³-hybridized carbons (Fsp3) is 0.619. The number of aromatic nitrogens is 3. The first-order valence-electron chi connectivity index (χ1n) is 9.99. The van der Waals surface area contributed by atoms with Crippen LogP contribution in [-0.4, -0.2) is 47.0 Å². The number of nitrogens with zero attached hydrogens (tertiary/aromatic N) is 3. The lowest BCUT2D eigenvalue weighted by molar-refractivity contribution is -0.255. The lowest BCUT2D eigenvalue weighted by atomic mass is 9.79. The zero-order valence-electron chi connectivity index (χ0n) is 16.9. The normalized spacial score (nSPS) is 24.8. The minimum absolute atomic E-state index is 0.0365. The first-order chi connectivity index (χ1) is 13.6. The fourth-order valence-electron chi connectivity index (χ4n) is 3.67. The van der Waals surface area contributed by atoms with Crippen molar-refractivity contribution >= 4 is 11.6 Å². The quantitative estimate of drug-likeness (QED) is 0.620. The van der Waals surface area contributed by atoms with Crippen molar-refractivity contribution in [1.82, 2.24) is 14.8 Å². The van der Waals surface area contributed by atoms with Gasteiger partial charge in [-0.05, 0) is 37.0 Å². The molecule has 3 rings (SSSR count). The van der Waals surface area contributed by atoms with E-state index in [0.717, 1.165) is 24.3 Å². The molecule has 6 nitrogen and oxygen atoms in total. The Kier molecular flexibility index (Phi) is 7.46. The molecule has 2 heterocycles. The standard InChI is InChI=1S/C21H30ClN3O3/c1-4-10-26-20(21(3)12-27-19(5-2)28-13-21)18(25-15-23-14-24-25)11-16-6-8-17(22)9-7-16/h6-9,14-15,18-20H,4-5,10-13H2,1-3H3. The summed E-state index contributed by atoms with van der Waals surface area (Å²) in [5.74, 6) is 0. The van der Waals surface area contributed by atoms with Crippen molar-refractivity contribution in [1.29, 1.82) is 0 Å². The topological polar surface area (TPSA) is 58.4 Å². The smallest absolute Gasteiger partial charge is 0.157 e. The molecule has 0 aliphatic carbocycles. The summed E-state index contributed by atoms with van der Waals surface area (Å²) in [6, 6.07) is 7.89. The summed E-state index contributed by atoms with van der Waals surface area (Å²) in [5.41, 5.74) is 0.881. The van der Waals surface area contributed by atoms with Crippen LogP contribution in [0, 0.1) is 5.41 Å². The molecular weight excluding hydrogens is 378 g/mol. The van der Waals surface area contributed by atoms with E-state index in [-0.39, 0.29) is 23.9 Å². The van der Waals surface area contributed by atoms with Crippen LogP contribution in [0.1, 0.15) is 45.2 Å². The Morgan fingerprint density at radius 2 is 1.96 bits per heavy atom. The average Bonchev–Trinajstić information content (AvgIpc) is 3.24. The van der Waals surface area contributed by atoms with Crippen molar-refractivity contribution in [2.75, 3.05) is 19.8 Å². The maximum atomic E-state index is 6.41. The molecule has 1 saturated heterocycles. The molecular formula is C21H30ClN3O3. The summed E-state index contributed by atoms with van der Waals surface area (Å²) in [6.07, 6.45) is 5.58. The maximum absolute atomic E-state index is 6.41. The number of ether oxygens (including phenoxy) is 3. The van der Waals surface area contributed by atoms with Gasteiger partial charge in [-0.2, -0.15) is 5.10 Å². The molecule has 0 saturated carbocycles. The number of hydrogen-bond acceptors (Lipinski definition) is 5. The zero-order valence-corrected chi connectivity index (χ0v) is 17.6. The third kappa shape index (κ3) is 5.11. The van der Waals surface area contributed by atoms with Gasteiger partial charge in [-0.3, -0.25) is 0 Å².